The van der Waals surface area contributed by atoms with Crippen LogP contribution in [0.5, 0.6) is 0 Å². The zero-order valence-electron chi connectivity index (χ0n) is 10.2. The van der Waals surface area contributed by atoms with Crippen LogP contribution in [0.2, 0.25) is 0 Å². The van der Waals surface area contributed by atoms with Crippen molar-refractivity contribution < 1.29 is 23.1 Å². The van der Waals surface area contributed by atoms with E-state index in [4.69, 9.17) is 5.11 Å². The molecule has 1 atom stereocenters. The first-order valence-electron chi connectivity index (χ1n) is 5.06. The van der Waals surface area contributed by atoms with E-state index in [0.717, 1.165) is 23.7 Å². The highest BCUT2D eigenvalue weighted by molar-refractivity contribution is 7.92. The van der Waals surface area contributed by atoms with Crippen LogP contribution in [-0.4, -0.2) is 41.9 Å². The molecular weight excluding hydrogens is 292 g/mol. The number of nitrogens with one attached hydrogen (secondary N) is 1. The average Bonchev–Trinajstić information content (AvgIpc) is 2.71. The van der Waals surface area contributed by atoms with Gasteiger partial charge in [0.15, 0.2) is 15.0 Å². The predicted molar refractivity (Wildman–Crippen MR) is 71.7 cm³/mol. The van der Waals surface area contributed by atoms with Gasteiger partial charge in [-0.2, -0.15) is 0 Å². The first-order valence-corrected chi connectivity index (χ1v) is 7.84. The van der Waals surface area contributed by atoms with Crippen LogP contribution in [0.15, 0.2) is 12.3 Å². The Labute approximate surface area is 113 Å². The second-order valence-electron chi connectivity index (χ2n) is 3.70. The lowest BCUT2D eigenvalue weighted by Crippen LogP contribution is -2.31. The van der Waals surface area contributed by atoms with Crippen LogP contribution in [-0.2, 0) is 19.4 Å². The number of hydrogen-bond acceptors (Lipinski definition) is 6. The Hall–Kier alpha value is -1.74. The summed E-state index contributed by atoms with van der Waals surface area (Å²) in [4.78, 5) is 26.3. The number of aromatic nitrogens is 1. The minimum Gasteiger partial charge on any atom is -0.478 e. The molecule has 9 heteroatoms. The second kappa shape index (κ2) is 5.93. The molecule has 1 aromatic heterocycles. The third-order valence-corrected chi connectivity index (χ3v) is 4.53. The molecule has 0 fully saturated rings. The molecule has 0 saturated heterocycles. The molecule has 0 saturated carbocycles. The molecule has 0 aromatic carbocycles. The summed E-state index contributed by atoms with van der Waals surface area (Å²) >= 11 is 1.04. The summed E-state index contributed by atoms with van der Waals surface area (Å²) in [7, 11) is -3.46. The van der Waals surface area contributed by atoms with E-state index in [1.165, 1.54) is 19.2 Å². The highest BCUT2D eigenvalue weighted by Crippen LogP contribution is 2.19. The number of nitrogens with zero attached hydrogens (tertiary/aromatic N) is 1. The number of carboxylic acid groups (broad SMARTS) is 1. The van der Waals surface area contributed by atoms with Gasteiger partial charge in [-0.05, 0) is 13.0 Å². The van der Waals surface area contributed by atoms with Crippen LogP contribution >= 0.6 is 11.3 Å². The van der Waals surface area contributed by atoms with Gasteiger partial charge in [-0.3, -0.25) is 4.79 Å². The Kier molecular flexibility index (Phi) is 4.78. The fourth-order valence-electron chi connectivity index (χ4n) is 0.976. The predicted octanol–water partition coefficient (Wildman–Crippen LogP) is 0.613. The van der Waals surface area contributed by atoms with Crippen molar-refractivity contribution in [2.45, 2.75) is 12.2 Å². The maximum atomic E-state index is 11.6. The van der Waals surface area contributed by atoms with Crippen molar-refractivity contribution in [2.24, 2.45) is 0 Å². The molecule has 0 aliphatic carbocycles. The topological polar surface area (TPSA) is 113 Å². The standard InChI is InChI=1S/C10H12N2O5S2/c1-6(19(2,16)17)9(15)12-10-11-5-7(18-10)3-4-8(13)14/h3-6H,1-2H3,(H,13,14)(H,11,12,15)/b4-3+. The van der Waals surface area contributed by atoms with E-state index in [9.17, 15) is 18.0 Å². The smallest absolute Gasteiger partial charge is 0.328 e. The molecule has 1 amide bonds. The molecule has 0 aliphatic heterocycles. The minimum atomic E-state index is -3.46. The minimum absolute atomic E-state index is 0.213. The van der Waals surface area contributed by atoms with Gasteiger partial charge in [-0.1, -0.05) is 11.3 Å². The number of carbonyl (C=O) groups excluding carboxylic acids is 1. The van der Waals surface area contributed by atoms with Crippen LogP contribution in [0.4, 0.5) is 5.13 Å². The molecule has 19 heavy (non-hydrogen) atoms. The summed E-state index contributed by atoms with van der Waals surface area (Å²) in [6.07, 6.45) is 4.62. The van der Waals surface area contributed by atoms with E-state index in [2.05, 4.69) is 10.3 Å². The summed E-state index contributed by atoms with van der Waals surface area (Å²) in [5.74, 6) is -1.77. The second-order valence-corrected chi connectivity index (χ2v) is 7.13. The van der Waals surface area contributed by atoms with Crippen LogP contribution in [0.1, 0.15) is 11.8 Å². The largest absolute Gasteiger partial charge is 0.478 e. The van der Waals surface area contributed by atoms with E-state index >= 15 is 0 Å². The Balaban J connectivity index is 2.74. The van der Waals surface area contributed by atoms with E-state index in [0.29, 0.717) is 4.88 Å². The van der Waals surface area contributed by atoms with Crippen LogP contribution in [0.25, 0.3) is 6.08 Å². The van der Waals surface area contributed by atoms with E-state index in [1.54, 1.807) is 0 Å². The summed E-state index contributed by atoms with van der Waals surface area (Å²) in [6, 6.07) is 0. The highest BCUT2D eigenvalue weighted by Gasteiger charge is 2.24. The van der Waals surface area contributed by atoms with Crippen molar-refractivity contribution in [3.8, 4) is 0 Å². The quantitative estimate of drug-likeness (QED) is 0.771. The van der Waals surface area contributed by atoms with Crippen molar-refractivity contribution in [1.82, 2.24) is 4.98 Å². The van der Waals surface area contributed by atoms with Crippen molar-refractivity contribution in [3.05, 3.63) is 17.2 Å². The molecule has 0 bridgehead atoms. The third-order valence-electron chi connectivity index (χ3n) is 2.16. The lowest BCUT2D eigenvalue weighted by Gasteiger charge is -2.07. The van der Waals surface area contributed by atoms with Crippen LogP contribution in [0, 0.1) is 0 Å². The van der Waals surface area contributed by atoms with Gasteiger partial charge in [0.1, 0.15) is 5.25 Å². The zero-order chi connectivity index (χ0) is 14.6. The lowest BCUT2D eigenvalue weighted by atomic mass is 10.4. The molecule has 104 valence electrons. The molecule has 0 spiro atoms. The Morgan fingerprint density at radius 2 is 2.16 bits per heavy atom. The van der Waals surface area contributed by atoms with Crippen LogP contribution < -0.4 is 5.32 Å². The number of rotatable bonds is 5. The molecule has 0 radical (unpaired) electrons. The van der Waals surface area contributed by atoms with Gasteiger partial charge in [-0.15, -0.1) is 0 Å². The maximum Gasteiger partial charge on any atom is 0.328 e. The number of carbonyl (C=O) groups is 2. The van der Waals surface area contributed by atoms with Gasteiger partial charge in [0, 0.05) is 23.4 Å². The van der Waals surface area contributed by atoms with Gasteiger partial charge >= 0.3 is 5.97 Å². The Morgan fingerprint density at radius 1 is 1.53 bits per heavy atom. The molecule has 1 rings (SSSR count). The van der Waals surface area contributed by atoms with Gasteiger partial charge < -0.3 is 10.4 Å². The molecule has 1 heterocycles. The first kappa shape index (κ1) is 15.3. The number of anilines is 1. The number of aliphatic carboxylic acids is 1. The Morgan fingerprint density at radius 3 is 2.68 bits per heavy atom. The van der Waals surface area contributed by atoms with Gasteiger partial charge in [0.25, 0.3) is 0 Å². The number of sulfone groups is 1. The molecule has 0 aliphatic rings. The van der Waals surface area contributed by atoms with E-state index in [1.807, 2.05) is 0 Å². The Bertz CT molecular complexity index is 618. The normalized spacial score (nSPS) is 13.4. The highest BCUT2D eigenvalue weighted by atomic mass is 32.2. The SMILES string of the molecule is CC(C(=O)Nc1ncc(/C=C/C(=O)O)s1)S(C)(=O)=O. The van der Waals surface area contributed by atoms with Crippen molar-refractivity contribution in [2.75, 3.05) is 11.6 Å². The van der Waals surface area contributed by atoms with E-state index < -0.39 is 27.0 Å². The summed E-state index contributed by atoms with van der Waals surface area (Å²) in [6.45, 7) is 1.28. The van der Waals surface area contributed by atoms with Gasteiger partial charge in [0.05, 0.1) is 0 Å². The molecular formula is C10H12N2O5S2. The van der Waals surface area contributed by atoms with Crippen LogP contribution in [0.3, 0.4) is 0 Å². The van der Waals surface area contributed by atoms with Crippen molar-refractivity contribution in [3.63, 3.8) is 0 Å². The van der Waals surface area contributed by atoms with Gasteiger partial charge in [0.2, 0.25) is 5.91 Å². The first-order chi connectivity index (χ1) is 8.70. The number of thiazole rings is 1. The molecule has 2 N–H and O–H groups in total. The fourth-order valence-corrected chi connectivity index (χ4v) is 2.15. The molecule has 7 nitrogen and oxygen atoms in total. The summed E-state index contributed by atoms with van der Waals surface area (Å²) < 4.78 is 22.4. The number of hydrogen-bond donors (Lipinski definition) is 2. The zero-order valence-corrected chi connectivity index (χ0v) is 11.8. The third kappa shape index (κ3) is 4.79. The summed E-state index contributed by atoms with van der Waals surface area (Å²) in [5.41, 5.74) is 0. The maximum absolute atomic E-state index is 11.6. The number of carboxylic acids is 1. The monoisotopic (exact) mass is 304 g/mol. The van der Waals surface area contributed by atoms with Crippen molar-refractivity contribution in [1.29, 1.82) is 0 Å². The van der Waals surface area contributed by atoms with Gasteiger partial charge in [-0.25, -0.2) is 18.2 Å². The van der Waals surface area contributed by atoms with Crippen molar-refractivity contribution >= 4 is 44.3 Å². The fraction of sp³-hybridized carbons (Fsp3) is 0.300. The lowest BCUT2D eigenvalue weighted by molar-refractivity contribution is -0.131. The molecule has 1 unspecified atom stereocenters. The number of amides is 1. The average molecular weight is 304 g/mol. The van der Waals surface area contributed by atoms with E-state index in [-0.39, 0.29) is 5.13 Å². The summed E-state index contributed by atoms with van der Waals surface area (Å²) in [5, 5.41) is 9.86. The molecule has 1 aromatic rings.